The third kappa shape index (κ3) is 1.77. The van der Waals surface area contributed by atoms with Crippen LogP contribution in [0.2, 0.25) is 0 Å². The summed E-state index contributed by atoms with van der Waals surface area (Å²) < 4.78 is 19.8. The van der Waals surface area contributed by atoms with E-state index in [0.717, 1.165) is 0 Å². The number of methoxy groups -OCH3 is 1. The van der Waals surface area contributed by atoms with Gasteiger partial charge in [0.15, 0.2) is 11.6 Å². The van der Waals surface area contributed by atoms with Crippen LogP contribution in [0.3, 0.4) is 0 Å². The Bertz CT molecular complexity index is 566. The van der Waals surface area contributed by atoms with Crippen molar-refractivity contribution < 1.29 is 14.2 Å². The van der Waals surface area contributed by atoms with Crippen LogP contribution in [0.1, 0.15) is 0 Å². The first-order chi connectivity index (χ1) is 8.04. The van der Waals surface area contributed by atoms with E-state index in [1.807, 2.05) is 0 Å². The number of nitrogens with two attached hydrogens (primary N) is 1. The maximum Gasteiger partial charge on any atom is 0.165 e. The molecule has 0 aliphatic rings. The van der Waals surface area contributed by atoms with Gasteiger partial charge in [-0.05, 0) is 6.07 Å². The van der Waals surface area contributed by atoms with Crippen LogP contribution in [0.15, 0.2) is 18.3 Å². The Morgan fingerprint density at radius 2 is 2.12 bits per heavy atom. The van der Waals surface area contributed by atoms with Gasteiger partial charge in [-0.1, -0.05) is 0 Å². The van der Waals surface area contributed by atoms with E-state index in [2.05, 4.69) is 5.10 Å². The molecule has 0 unspecified atom stereocenters. The van der Waals surface area contributed by atoms with Crippen LogP contribution >= 0.6 is 0 Å². The van der Waals surface area contributed by atoms with Crippen molar-refractivity contribution in [2.45, 2.75) is 0 Å². The topological polar surface area (TPSA) is 73.3 Å². The normalized spacial score (nSPS) is 10.5. The van der Waals surface area contributed by atoms with E-state index in [9.17, 15) is 9.50 Å². The van der Waals surface area contributed by atoms with E-state index in [0.29, 0.717) is 11.4 Å². The molecular formula is C11H12FN3O2. The summed E-state index contributed by atoms with van der Waals surface area (Å²) in [5.74, 6) is -0.343. The fraction of sp³-hybridized carbons (Fsp3) is 0.182. The smallest absolute Gasteiger partial charge is 0.165 e. The van der Waals surface area contributed by atoms with Crippen molar-refractivity contribution in [1.29, 1.82) is 0 Å². The Morgan fingerprint density at radius 3 is 2.65 bits per heavy atom. The number of phenolic OH excluding ortho intramolecular Hbond substituents is 1. The second-order valence-corrected chi connectivity index (χ2v) is 3.57. The van der Waals surface area contributed by atoms with Gasteiger partial charge < -0.3 is 15.6 Å². The van der Waals surface area contributed by atoms with Gasteiger partial charge in [0, 0.05) is 24.2 Å². The summed E-state index contributed by atoms with van der Waals surface area (Å²) in [6.45, 7) is 0. The Kier molecular flexibility index (Phi) is 2.63. The average Bonchev–Trinajstić information content (AvgIpc) is 2.63. The zero-order chi connectivity index (χ0) is 12.6. The highest BCUT2D eigenvalue weighted by Crippen LogP contribution is 2.36. The molecule has 17 heavy (non-hydrogen) atoms. The van der Waals surface area contributed by atoms with Crippen LogP contribution in [0, 0.1) is 5.82 Å². The highest BCUT2D eigenvalue weighted by molar-refractivity contribution is 5.78. The lowest BCUT2D eigenvalue weighted by Crippen LogP contribution is -1.98. The Hall–Kier alpha value is -2.24. The van der Waals surface area contributed by atoms with Gasteiger partial charge in [-0.2, -0.15) is 5.10 Å². The molecule has 0 saturated carbocycles. The van der Waals surface area contributed by atoms with Crippen LogP contribution in [-0.2, 0) is 7.05 Å². The molecule has 0 atom stereocenters. The molecule has 0 spiro atoms. The highest BCUT2D eigenvalue weighted by atomic mass is 19.1. The van der Waals surface area contributed by atoms with Gasteiger partial charge in [0.05, 0.1) is 13.3 Å². The fourth-order valence-corrected chi connectivity index (χ4v) is 1.57. The number of ether oxygens (including phenoxy) is 1. The lowest BCUT2D eigenvalue weighted by molar-refractivity contribution is 0.381. The van der Waals surface area contributed by atoms with Crippen molar-refractivity contribution in [3.8, 4) is 22.6 Å². The van der Waals surface area contributed by atoms with Crippen LogP contribution in [-0.4, -0.2) is 22.0 Å². The van der Waals surface area contributed by atoms with Crippen LogP contribution in [0.4, 0.5) is 10.2 Å². The van der Waals surface area contributed by atoms with E-state index in [-0.39, 0.29) is 17.1 Å². The third-order valence-corrected chi connectivity index (χ3v) is 2.54. The van der Waals surface area contributed by atoms with Gasteiger partial charge in [0.2, 0.25) is 0 Å². The molecule has 6 heteroatoms. The zero-order valence-corrected chi connectivity index (χ0v) is 9.44. The summed E-state index contributed by atoms with van der Waals surface area (Å²) in [7, 11) is 2.99. The molecule has 0 radical (unpaired) electrons. The minimum absolute atomic E-state index is 0.0197. The van der Waals surface area contributed by atoms with Crippen LogP contribution in [0.25, 0.3) is 11.1 Å². The second kappa shape index (κ2) is 3.97. The minimum Gasteiger partial charge on any atom is -0.507 e. The second-order valence-electron chi connectivity index (χ2n) is 3.57. The number of hydrogen-bond donors (Lipinski definition) is 2. The standard InChI is InChI=1S/C11H12FN3O2/c1-15-11(13)7(5-14-15)6-3-8(12)10(17-2)4-9(6)16/h3-5,16H,13H2,1-2H3. The van der Waals surface area contributed by atoms with Gasteiger partial charge in [-0.15, -0.1) is 0 Å². The third-order valence-electron chi connectivity index (χ3n) is 2.54. The maximum absolute atomic E-state index is 13.6. The lowest BCUT2D eigenvalue weighted by atomic mass is 10.1. The number of nitrogen functional groups attached to an aromatic ring is 1. The number of phenols is 1. The molecule has 2 rings (SSSR count). The number of hydrogen-bond acceptors (Lipinski definition) is 4. The Labute approximate surface area is 97.2 Å². The lowest BCUT2D eigenvalue weighted by Gasteiger charge is -2.07. The molecule has 3 N–H and O–H groups in total. The number of benzene rings is 1. The molecule has 0 fully saturated rings. The van der Waals surface area contributed by atoms with Gasteiger partial charge in [-0.25, -0.2) is 4.39 Å². The van der Waals surface area contributed by atoms with Gasteiger partial charge in [0.1, 0.15) is 11.6 Å². The van der Waals surface area contributed by atoms with Gasteiger partial charge in [-0.3, -0.25) is 4.68 Å². The molecule has 0 bridgehead atoms. The molecule has 1 heterocycles. The SMILES string of the molecule is COc1cc(O)c(-c2cnn(C)c2N)cc1F. The van der Waals surface area contributed by atoms with Crippen molar-refractivity contribution in [3.05, 3.63) is 24.1 Å². The molecule has 5 nitrogen and oxygen atoms in total. The van der Waals surface area contributed by atoms with Gasteiger partial charge >= 0.3 is 0 Å². The minimum atomic E-state index is -0.566. The van der Waals surface area contributed by atoms with Crippen molar-refractivity contribution in [3.63, 3.8) is 0 Å². The Morgan fingerprint density at radius 1 is 1.41 bits per heavy atom. The van der Waals surface area contributed by atoms with Crippen molar-refractivity contribution in [1.82, 2.24) is 9.78 Å². The fourth-order valence-electron chi connectivity index (χ4n) is 1.57. The first kappa shape index (κ1) is 11.3. The predicted molar refractivity (Wildman–Crippen MR) is 61.2 cm³/mol. The van der Waals surface area contributed by atoms with Crippen LogP contribution in [0.5, 0.6) is 11.5 Å². The molecule has 2 aromatic rings. The molecule has 1 aromatic carbocycles. The molecule has 0 aliphatic heterocycles. The van der Waals surface area contributed by atoms with E-state index < -0.39 is 5.82 Å². The largest absolute Gasteiger partial charge is 0.507 e. The Balaban J connectivity index is 2.60. The molecule has 1 aromatic heterocycles. The summed E-state index contributed by atoms with van der Waals surface area (Å²) in [6, 6.07) is 2.37. The average molecular weight is 237 g/mol. The number of nitrogens with zero attached hydrogens (tertiary/aromatic N) is 2. The monoisotopic (exact) mass is 237 g/mol. The van der Waals surface area contributed by atoms with Crippen molar-refractivity contribution in [2.75, 3.05) is 12.8 Å². The van der Waals surface area contributed by atoms with E-state index in [1.165, 1.54) is 30.1 Å². The summed E-state index contributed by atoms with van der Waals surface area (Å²) in [5, 5.41) is 13.7. The quantitative estimate of drug-likeness (QED) is 0.830. The number of halogens is 1. The van der Waals surface area contributed by atoms with E-state index in [1.54, 1.807) is 7.05 Å². The molecule has 0 amide bonds. The van der Waals surface area contributed by atoms with Crippen molar-refractivity contribution in [2.24, 2.45) is 7.05 Å². The van der Waals surface area contributed by atoms with Crippen LogP contribution < -0.4 is 10.5 Å². The van der Waals surface area contributed by atoms with E-state index >= 15 is 0 Å². The summed E-state index contributed by atoms with van der Waals surface area (Å²) in [6.07, 6.45) is 1.47. The summed E-state index contributed by atoms with van der Waals surface area (Å²) >= 11 is 0. The maximum atomic E-state index is 13.6. The molecule has 0 aliphatic carbocycles. The number of aromatic hydroxyl groups is 1. The first-order valence-corrected chi connectivity index (χ1v) is 4.89. The predicted octanol–water partition coefficient (Wildman–Crippen LogP) is 1.52. The van der Waals surface area contributed by atoms with Gasteiger partial charge in [0.25, 0.3) is 0 Å². The summed E-state index contributed by atoms with van der Waals surface area (Å²) in [5.41, 5.74) is 6.52. The number of rotatable bonds is 2. The summed E-state index contributed by atoms with van der Waals surface area (Å²) in [4.78, 5) is 0. The first-order valence-electron chi connectivity index (χ1n) is 4.89. The number of anilines is 1. The highest BCUT2D eigenvalue weighted by Gasteiger charge is 2.15. The molecular weight excluding hydrogens is 225 g/mol. The number of aryl methyl sites for hydroxylation is 1. The number of aromatic nitrogens is 2. The van der Waals surface area contributed by atoms with Crippen molar-refractivity contribution >= 4 is 5.82 Å². The molecule has 90 valence electrons. The molecule has 0 saturated heterocycles. The van der Waals surface area contributed by atoms with E-state index in [4.69, 9.17) is 10.5 Å². The zero-order valence-electron chi connectivity index (χ0n) is 9.44.